The van der Waals surface area contributed by atoms with Crippen LogP contribution in [0.4, 0.5) is 0 Å². The predicted molar refractivity (Wildman–Crippen MR) is 162 cm³/mol. The number of thiophene rings is 2. The smallest absolute Gasteiger partial charge is 0.348 e. The minimum atomic E-state index is -0.180. The lowest BCUT2D eigenvalue weighted by atomic mass is 10.1. The van der Waals surface area contributed by atoms with Gasteiger partial charge in [-0.2, -0.15) is 0 Å². The van der Waals surface area contributed by atoms with Gasteiger partial charge < -0.3 is 9.47 Å². The Morgan fingerprint density at radius 2 is 1.19 bits per heavy atom. The monoisotopic (exact) mass is 542 g/mol. The maximum atomic E-state index is 12.5. The molecule has 2 heterocycles. The fourth-order valence-corrected chi connectivity index (χ4v) is 6.81. The Hall–Kier alpha value is -1.85. The topological polar surface area (TPSA) is 35.5 Å². The van der Waals surface area contributed by atoms with Crippen molar-refractivity contribution in [1.82, 2.24) is 0 Å². The standard InChI is InChI=1S/C32H46O3S2/c1-3-5-7-9-11-13-15-17-23-35-32(33)31-25-30-29(37-31)24-28(36-30)26-18-20-27(21-19-26)34-22-16-14-12-10-8-6-4-2/h18-21,24-25H,3-17,22-23H2,1-2H3. The Labute approximate surface area is 232 Å². The summed E-state index contributed by atoms with van der Waals surface area (Å²) in [7, 11) is 0. The van der Waals surface area contributed by atoms with Gasteiger partial charge in [0, 0.05) is 14.3 Å². The average molecular weight is 543 g/mol. The molecule has 0 unspecified atom stereocenters. The summed E-state index contributed by atoms with van der Waals surface area (Å²) in [5.74, 6) is 0.759. The molecule has 2 aromatic heterocycles. The highest BCUT2D eigenvalue weighted by Crippen LogP contribution is 2.39. The molecule has 0 saturated heterocycles. The van der Waals surface area contributed by atoms with Crippen molar-refractivity contribution >= 4 is 38.0 Å². The lowest BCUT2D eigenvalue weighted by molar-refractivity contribution is 0.0503. The van der Waals surface area contributed by atoms with E-state index in [1.54, 1.807) is 11.3 Å². The van der Waals surface area contributed by atoms with Gasteiger partial charge in [-0.15, -0.1) is 22.7 Å². The van der Waals surface area contributed by atoms with Gasteiger partial charge in [0.2, 0.25) is 0 Å². The Kier molecular flexibility index (Phi) is 14.1. The van der Waals surface area contributed by atoms with Crippen LogP contribution in [0.25, 0.3) is 19.8 Å². The molecule has 3 nitrogen and oxygen atoms in total. The zero-order valence-electron chi connectivity index (χ0n) is 23.0. The zero-order chi connectivity index (χ0) is 26.1. The van der Waals surface area contributed by atoms with Gasteiger partial charge in [0.25, 0.3) is 0 Å². The van der Waals surface area contributed by atoms with Crippen LogP contribution >= 0.6 is 22.7 Å². The second kappa shape index (κ2) is 17.6. The quantitative estimate of drug-likeness (QED) is 0.105. The number of hydrogen-bond donors (Lipinski definition) is 0. The number of unbranched alkanes of at least 4 members (excludes halogenated alkanes) is 13. The van der Waals surface area contributed by atoms with Crippen LogP contribution in [0, 0.1) is 0 Å². The Balaban J connectivity index is 1.36. The summed E-state index contributed by atoms with van der Waals surface area (Å²) in [6, 6.07) is 12.6. The molecule has 3 rings (SSSR count). The van der Waals surface area contributed by atoms with E-state index in [0.717, 1.165) is 41.0 Å². The van der Waals surface area contributed by atoms with Crippen LogP contribution < -0.4 is 4.74 Å². The number of hydrogen-bond acceptors (Lipinski definition) is 5. The molecule has 0 aliphatic rings. The van der Waals surface area contributed by atoms with Crippen LogP contribution in [-0.4, -0.2) is 19.2 Å². The highest BCUT2D eigenvalue weighted by molar-refractivity contribution is 7.30. The van der Waals surface area contributed by atoms with Crippen molar-refractivity contribution in [3.8, 4) is 16.2 Å². The van der Waals surface area contributed by atoms with Gasteiger partial charge in [0.05, 0.1) is 13.2 Å². The van der Waals surface area contributed by atoms with Crippen molar-refractivity contribution in [2.75, 3.05) is 13.2 Å². The molecule has 0 aliphatic carbocycles. The molecule has 1 aromatic carbocycles. The van der Waals surface area contributed by atoms with E-state index in [9.17, 15) is 4.79 Å². The number of carbonyl (C=O) groups excluding carboxylic acids is 1. The van der Waals surface area contributed by atoms with Crippen molar-refractivity contribution in [2.45, 2.75) is 110 Å². The van der Waals surface area contributed by atoms with E-state index in [1.165, 1.54) is 98.8 Å². The van der Waals surface area contributed by atoms with E-state index in [-0.39, 0.29) is 5.97 Å². The molecule has 0 bridgehead atoms. The fraction of sp³-hybridized carbons (Fsp3) is 0.594. The minimum absolute atomic E-state index is 0.180. The molecule has 0 amide bonds. The van der Waals surface area contributed by atoms with Gasteiger partial charge in [-0.1, -0.05) is 97.3 Å². The number of carbonyl (C=O) groups is 1. The second-order valence-corrected chi connectivity index (χ2v) is 12.2. The Morgan fingerprint density at radius 3 is 1.78 bits per heavy atom. The molecule has 5 heteroatoms. The number of esters is 1. The van der Waals surface area contributed by atoms with E-state index in [4.69, 9.17) is 9.47 Å². The highest BCUT2D eigenvalue weighted by Gasteiger charge is 2.14. The van der Waals surface area contributed by atoms with E-state index >= 15 is 0 Å². The number of benzene rings is 1. The van der Waals surface area contributed by atoms with Crippen molar-refractivity contribution in [3.63, 3.8) is 0 Å². The summed E-state index contributed by atoms with van der Waals surface area (Å²) in [6.07, 6.45) is 19.0. The maximum absolute atomic E-state index is 12.5. The third-order valence-corrected chi connectivity index (χ3v) is 9.12. The van der Waals surface area contributed by atoms with E-state index < -0.39 is 0 Å². The number of rotatable bonds is 20. The molecule has 0 radical (unpaired) electrons. The molecule has 0 spiro atoms. The molecule has 0 atom stereocenters. The summed E-state index contributed by atoms with van der Waals surface area (Å²) < 4.78 is 13.8. The number of fused-ring (bicyclic) bond motifs is 1. The summed E-state index contributed by atoms with van der Waals surface area (Å²) in [5.41, 5.74) is 1.19. The number of ether oxygens (including phenoxy) is 2. The molecule has 0 saturated carbocycles. The molecule has 0 N–H and O–H groups in total. The third-order valence-electron chi connectivity index (χ3n) is 6.79. The van der Waals surface area contributed by atoms with Crippen LogP contribution in [0.2, 0.25) is 0 Å². The van der Waals surface area contributed by atoms with Crippen LogP contribution in [0.15, 0.2) is 36.4 Å². The van der Waals surface area contributed by atoms with Crippen molar-refractivity contribution in [2.24, 2.45) is 0 Å². The van der Waals surface area contributed by atoms with E-state index in [2.05, 4.69) is 44.2 Å². The van der Waals surface area contributed by atoms with Crippen LogP contribution in [0.3, 0.4) is 0 Å². The molecule has 0 fully saturated rings. The third kappa shape index (κ3) is 10.8. The van der Waals surface area contributed by atoms with Crippen LogP contribution in [0.1, 0.15) is 120 Å². The fourth-order valence-electron chi connectivity index (χ4n) is 4.52. The highest BCUT2D eigenvalue weighted by atomic mass is 32.1. The normalized spacial score (nSPS) is 11.3. The molecule has 3 aromatic rings. The van der Waals surface area contributed by atoms with Crippen LogP contribution in [0.5, 0.6) is 5.75 Å². The molecule has 0 aliphatic heterocycles. The van der Waals surface area contributed by atoms with Gasteiger partial charge in [-0.05, 0) is 54.8 Å². The average Bonchev–Trinajstić information content (AvgIpc) is 3.49. The van der Waals surface area contributed by atoms with Crippen LogP contribution in [-0.2, 0) is 4.74 Å². The molecular formula is C32H46O3S2. The SMILES string of the molecule is CCCCCCCCCCOC(=O)c1cc2sc(-c3ccc(OCCCCCCCCC)cc3)cc2s1. The van der Waals surface area contributed by atoms with Crippen molar-refractivity contribution in [1.29, 1.82) is 0 Å². The lowest BCUT2D eigenvalue weighted by Crippen LogP contribution is -2.04. The first-order chi connectivity index (χ1) is 18.2. The summed E-state index contributed by atoms with van der Waals surface area (Å²) >= 11 is 3.27. The first-order valence-corrected chi connectivity index (χ1v) is 16.3. The Morgan fingerprint density at radius 1 is 0.649 bits per heavy atom. The zero-order valence-corrected chi connectivity index (χ0v) is 24.7. The van der Waals surface area contributed by atoms with Gasteiger partial charge >= 0.3 is 5.97 Å². The summed E-state index contributed by atoms with van der Waals surface area (Å²) in [5, 5.41) is 0. The van der Waals surface area contributed by atoms with Crippen molar-refractivity contribution in [3.05, 3.63) is 41.3 Å². The van der Waals surface area contributed by atoms with Gasteiger partial charge in [0.15, 0.2) is 0 Å². The molecule has 37 heavy (non-hydrogen) atoms. The predicted octanol–water partition coefficient (Wildman–Crippen LogP) is 11.1. The van der Waals surface area contributed by atoms with E-state index in [0.29, 0.717) is 11.5 Å². The summed E-state index contributed by atoms with van der Waals surface area (Å²) in [4.78, 5) is 14.4. The van der Waals surface area contributed by atoms with Gasteiger partial charge in [-0.3, -0.25) is 0 Å². The van der Waals surface area contributed by atoms with Gasteiger partial charge in [0.1, 0.15) is 10.6 Å². The Bertz CT molecular complexity index is 987. The van der Waals surface area contributed by atoms with Crippen molar-refractivity contribution < 1.29 is 14.3 Å². The molecular weight excluding hydrogens is 496 g/mol. The lowest BCUT2D eigenvalue weighted by Gasteiger charge is -2.07. The largest absolute Gasteiger partial charge is 0.494 e. The molecule has 204 valence electrons. The first kappa shape index (κ1) is 29.7. The second-order valence-electron chi connectivity index (χ2n) is 10.1. The van der Waals surface area contributed by atoms with E-state index in [1.807, 2.05) is 6.07 Å². The maximum Gasteiger partial charge on any atom is 0.348 e. The summed E-state index contributed by atoms with van der Waals surface area (Å²) in [6.45, 7) is 5.82. The first-order valence-electron chi connectivity index (χ1n) is 14.6. The minimum Gasteiger partial charge on any atom is -0.494 e. The van der Waals surface area contributed by atoms with Gasteiger partial charge in [-0.25, -0.2) is 4.79 Å².